The Labute approximate surface area is 66.6 Å². The molecule has 0 rings (SSSR count). The fraction of sp³-hybridized carbons (Fsp3) is 0.667. The van der Waals surface area contributed by atoms with Crippen LogP contribution in [0.25, 0.3) is 0 Å². The first-order chi connectivity index (χ1) is 5.20. The van der Waals surface area contributed by atoms with Gasteiger partial charge in [-0.15, -0.1) is 0 Å². The Kier molecular flexibility index (Phi) is 4.89. The monoisotopic (exact) mass is 157 g/mol. The summed E-state index contributed by atoms with van der Waals surface area (Å²) < 4.78 is 0. The van der Waals surface area contributed by atoms with Gasteiger partial charge in [0.25, 0.3) is 0 Å². The SMILES string of the molecule is CCN=C(N)CNC(N)=NC. The fourth-order valence-electron chi connectivity index (χ4n) is 0.519. The minimum atomic E-state index is 0.374. The van der Waals surface area contributed by atoms with E-state index < -0.39 is 0 Å². The van der Waals surface area contributed by atoms with Gasteiger partial charge >= 0.3 is 0 Å². The van der Waals surface area contributed by atoms with Crippen molar-refractivity contribution < 1.29 is 0 Å². The molecule has 0 aromatic heterocycles. The van der Waals surface area contributed by atoms with E-state index in [-0.39, 0.29) is 0 Å². The average molecular weight is 157 g/mol. The number of amidine groups is 1. The van der Waals surface area contributed by atoms with Crippen molar-refractivity contribution in [1.82, 2.24) is 5.32 Å². The van der Waals surface area contributed by atoms with Crippen LogP contribution in [0.15, 0.2) is 9.98 Å². The van der Waals surface area contributed by atoms with Crippen molar-refractivity contribution >= 4 is 11.8 Å². The van der Waals surface area contributed by atoms with Gasteiger partial charge < -0.3 is 16.8 Å². The number of nitrogens with one attached hydrogen (secondary N) is 1. The second kappa shape index (κ2) is 5.52. The predicted octanol–water partition coefficient (Wildman–Crippen LogP) is -1.10. The molecule has 0 radical (unpaired) electrons. The van der Waals surface area contributed by atoms with Crippen LogP contribution >= 0.6 is 0 Å². The van der Waals surface area contributed by atoms with E-state index in [1.165, 1.54) is 0 Å². The Morgan fingerprint density at radius 3 is 2.55 bits per heavy atom. The lowest BCUT2D eigenvalue weighted by molar-refractivity contribution is 1.01. The molecule has 0 unspecified atom stereocenters. The second-order valence-corrected chi connectivity index (χ2v) is 1.93. The minimum Gasteiger partial charge on any atom is -0.386 e. The van der Waals surface area contributed by atoms with E-state index in [4.69, 9.17) is 11.5 Å². The number of hydrogen-bond donors (Lipinski definition) is 3. The molecule has 0 amide bonds. The van der Waals surface area contributed by atoms with Crippen LogP contribution in [-0.2, 0) is 0 Å². The molecule has 0 aliphatic carbocycles. The number of aliphatic imine (C=N–C) groups is 2. The third-order valence-corrected chi connectivity index (χ3v) is 1.05. The van der Waals surface area contributed by atoms with E-state index in [1.807, 2.05) is 6.92 Å². The van der Waals surface area contributed by atoms with Crippen LogP contribution in [0.2, 0.25) is 0 Å². The molecular weight excluding hydrogens is 142 g/mol. The summed E-state index contributed by atoms with van der Waals surface area (Å²) in [5.41, 5.74) is 10.8. The first-order valence-electron chi connectivity index (χ1n) is 3.45. The number of guanidine groups is 1. The smallest absolute Gasteiger partial charge is 0.188 e. The molecule has 0 heterocycles. The number of rotatable bonds is 3. The second-order valence-electron chi connectivity index (χ2n) is 1.93. The van der Waals surface area contributed by atoms with Crippen LogP contribution < -0.4 is 16.8 Å². The Bertz CT molecular complexity index is 160. The van der Waals surface area contributed by atoms with E-state index in [2.05, 4.69) is 15.3 Å². The molecular formula is C6H15N5. The molecule has 11 heavy (non-hydrogen) atoms. The van der Waals surface area contributed by atoms with Gasteiger partial charge in [-0.1, -0.05) is 0 Å². The van der Waals surface area contributed by atoms with Crippen LogP contribution in [0, 0.1) is 0 Å². The van der Waals surface area contributed by atoms with Crippen LogP contribution in [0.4, 0.5) is 0 Å². The molecule has 0 saturated heterocycles. The lowest BCUT2D eigenvalue weighted by Gasteiger charge is -2.02. The highest BCUT2D eigenvalue weighted by Gasteiger charge is 1.91. The molecule has 5 N–H and O–H groups in total. The highest BCUT2D eigenvalue weighted by atomic mass is 15.1. The topological polar surface area (TPSA) is 88.8 Å². The molecule has 0 saturated carbocycles. The maximum atomic E-state index is 5.46. The lowest BCUT2D eigenvalue weighted by Crippen LogP contribution is -2.38. The quantitative estimate of drug-likeness (QED) is 0.359. The summed E-state index contributed by atoms with van der Waals surface area (Å²) in [6, 6.07) is 0. The molecule has 0 aliphatic heterocycles. The molecule has 0 aliphatic rings. The molecule has 64 valence electrons. The first-order valence-corrected chi connectivity index (χ1v) is 3.45. The largest absolute Gasteiger partial charge is 0.386 e. The maximum Gasteiger partial charge on any atom is 0.188 e. The van der Waals surface area contributed by atoms with E-state index >= 15 is 0 Å². The normalized spacial score (nSPS) is 13.3. The van der Waals surface area contributed by atoms with Crippen LogP contribution in [0.5, 0.6) is 0 Å². The number of nitrogens with two attached hydrogens (primary N) is 2. The summed E-state index contributed by atoms with van der Waals surface area (Å²) >= 11 is 0. The van der Waals surface area contributed by atoms with Gasteiger partial charge in [0, 0.05) is 13.6 Å². The van der Waals surface area contributed by atoms with Crippen molar-refractivity contribution in [2.24, 2.45) is 21.5 Å². The van der Waals surface area contributed by atoms with Gasteiger partial charge in [-0.2, -0.15) is 0 Å². The van der Waals surface area contributed by atoms with E-state index in [0.717, 1.165) is 0 Å². The van der Waals surface area contributed by atoms with Crippen molar-refractivity contribution in [2.45, 2.75) is 6.92 Å². The molecule has 0 spiro atoms. The Hall–Kier alpha value is -1.26. The van der Waals surface area contributed by atoms with Gasteiger partial charge in [0.1, 0.15) is 5.84 Å². The van der Waals surface area contributed by atoms with Gasteiger partial charge in [-0.25, -0.2) is 0 Å². The number of hydrogen-bond acceptors (Lipinski definition) is 2. The first kappa shape index (κ1) is 9.74. The van der Waals surface area contributed by atoms with Crippen LogP contribution in [0.1, 0.15) is 6.92 Å². The molecule has 5 heteroatoms. The highest BCUT2D eigenvalue weighted by Crippen LogP contribution is 1.68. The van der Waals surface area contributed by atoms with Crippen molar-refractivity contribution in [1.29, 1.82) is 0 Å². The molecule has 0 atom stereocenters. The molecule has 0 aromatic rings. The average Bonchev–Trinajstić information content (AvgIpc) is 2.01. The molecule has 5 nitrogen and oxygen atoms in total. The lowest BCUT2D eigenvalue weighted by atomic mass is 10.5. The molecule has 0 aromatic carbocycles. The van der Waals surface area contributed by atoms with Crippen molar-refractivity contribution in [3.8, 4) is 0 Å². The van der Waals surface area contributed by atoms with Crippen molar-refractivity contribution in [2.75, 3.05) is 20.1 Å². The van der Waals surface area contributed by atoms with Gasteiger partial charge in [0.2, 0.25) is 0 Å². The zero-order valence-corrected chi connectivity index (χ0v) is 6.96. The zero-order valence-electron chi connectivity index (χ0n) is 6.96. The molecule has 0 bridgehead atoms. The highest BCUT2D eigenvalue weighted by molar-refractivity contribution is 5.87. The third kappa shape index (κ3) is 5.20. The summed E-state index contributed by atoms with van der Waals surface area (Å²) in [4.78, 5) is 7.65. The van der Waals surface area contributed by atoms with Gasteiger partial charge in [0.15, 0.2) is 5.96 Å². The third-order valence-electron chi connectivity index (χ3n) is 1.05. The standard InChI is InChI=1S/C6H15N5/c1-3-10-5(7)4-11-6(8)9-2/h3-4H2,1-2H3,(H2,7,10)(H3,8,9,11). The Morgan fingerprint density at radius 1 is 1.45 bits per heavy atom. The Balaban J connectivity index is 3.62. The van der Waals surface area contributed by atoms with Crippen LogP contribution in [-0.4, -0.2) is 31.9 Å². The van der Waals surface area contributed by atoms with Gasteiger partial charge in [-0.3, -0.25) is 9.98 Å². The summed E-state index contributed by atoms with van der Waals surface area (Å²) in [5.74, 6) is 0.915. The predicted molar refractivity (Wildman–Crippen MR) is 47.7 cm³/mol. The summed E-state index contributed by atoms with van der Waals surface area (Å²) in [5, 5.41) is 2.79. The van der Waals surface area contributed by atoms with Gasteiger partial charge in [0.05, 0.1) is 6.54 Å². The summed E-state index contributed by atoms with van der Waals surface area (Å²) in [6.07, 6.45) is 0. The Morgan fingerprint density at radius 2 is 2.09 bits per heavy atom. The maximum absolute atomic E-state index is 5.46. The van der Waals surface area contributed by atoms with Crippen molar-refractivity contribution in [3.05, 3.63) is 0 Å². The van der Waals surface area contributed by atoms with Crippen molar-refractivity contribution in [3.63, 3.8) is 0 Å². The molecule has 0 fully saturated rings. The van der Waals surface area contributed by atoms with E-state index in [1.54, 1.807) is 7.05 Å². The van der Waals surface area contributed by atoms with E-state index in [0.29, 0.717) is 24.9 Å². The summed E-state index contributed by atoms with van der Waals surface area (Å²) in [6.45, 7) is 3.07. The van der Waals surface area contributed by atoms with Gasteiger partial charge in [-0.05, 0) is 6.92 Å². The fourth-order valence-corrected chi connectivity index (χ4v) is 0.519. The van der Waals surface area contributed by atoms with Crippen LogP contribution in [0.3, 0.4) is 0 Å². The minimum absolute atomic E-state index is 0.374. The zero-order chi connectivity index (χ0) is 8.69. The number of nitrogens with zero attached hydrogens (tertiary/aromatic N) is 2. The van der Waals surface area contributed by atoms with E-state index in [9.17, 15) is 0 Å². The summed E-state index contributed by atoms with van der Waals surface area (Å²) in [7, 11) is 1.61.